The van der Waals surface area contributed by atoms with Crippen molar-refractivity contribution in [2.45, 2.75) is 33.1 Å². The highest BCUT2D eigenvalue weighted by Gasteiger charge is 2.17. The highest BCUT2D eigenvalue weighted by Crippen LogP contribution is 2.19. The van der Waals surface area contributed by atoms with Crippen LogP contribution >= 0.6 is 0 Å². The van der Waals surface area contributed by atoms with E-state index in [-0.39, 0.29) is 0 Å². The topological polar surface area (TPSA) is 29.9 Å². The van der Waals surface area contributed by atoms with Crippen LogP contribution in [0.15, 0.2) is 0 Å². The molecule has 2 rings (SSSR count). The molecule has 1 atom stereocenters. The summed E-state index contributed by atoms with van der Waals surface area (Å²) in [7, 11) is 2.03. The van der Waals surface area contributed by atoms with Gasteiger partial charge in [0.15, 0.2) is 0 Å². The average molecular weight is 207 g/mol. The van der Waals surface area contributed by atoms with Crippen molar-refractivity contribution < 1.29 is 0 Å². The largest absolute Gasteiger partial charge is 0.316 e. The van der Waals surface area contributed by atoms with Crippen molar-refractivity contribution in [1.29, 1.82) is 0 Å². The molecule has 0 aromatic carbocycles. The molecule has 0 saturated carbocycles. The molecule has 1 aliphatic heterocycles. The number of nitrogens with one attached hydrogen (secondary N) is 1. The summed E-state index contributed by atoms with van der Waals surface area (Å²) in [5, 5.41) is 8.05. The van der Waals surface area contributed by atoms with Gasteiger partial charge < -0.3 is 5.32 Å². The summed E-state index contributed by atoms with van der Waals surface area (Å²) in [4.78, 5) is 0. The Balaban J connectivity index is 2.06. The molecule has 15 heavy (non-hydrogen) atoms. The SMILES string of the molecule is Cc1c(CC2CCCNC2)nn(C)c1C. The molecule has 0 aliphatic carbocycles. The fraction of sp³-hybridized carbons (Fsp3) is 0.750. The lowest BCUT2D eigenvalue weighted by Crippen LogP contribution is -2.31. The van der Waals surface area contributed by atoms with Crippen molar-refractivity contribution in [3.05, 3.63) is 17.0 Å². The third-order valence-corrected chi connectivity index (χ3v) is 3.61. The lowest BCUT2D eigenvalue weighted by Gasteiger charge is -2.22. The lowest BCUT2D eigenvalue weighted by atomic mass is 9.93. The first-order valence-electron chi connectivity index (χ1n) is 5.88. The minimum atomic E-state index is 0.784. The van der Waals surface area contributed by atoms with Gasteiger partial charge in [-0.25, -0.2) is 0 Å². The lowest BCUT2D eigenvalue weighted by molar-refractivity contribution is 0.372. The number of aryl methyl sites for hydroxylation is 1. The van der Waals surface area contributed by atoms with E-state index in [1.807, 2.05) is 11.7 Å². The maximum atomic E-state index is 4.59. The molecule has 1 N–H and O–H groups in total. The summed E-state index contributed by atoms with van der Waals surface area (Å²) in [6, 6.07) is 0. The number of aromatic nitrogens is 2. The maximum absolute atomic E-state index is 4.59. The molecule has 1 unspecified atom stereocenters. The number of hydrogen-bond acceptors (Lipinski definition) is 2. The van der Waals surface area contributed by atoms with Gasteiger partial charge in [0.25, 0.3) is 0 Å². The molecular weight excluding hydrogens is 186 g/mol. The number of piperidine rings is 1. The molecule has 1 fully saturated rings. The van der Waals surface area contributed by atoms with Crippen LogP contribution in [0.4, 0.5) is 0 Å². The van der Waals surface area contributed by atoms with Crippen molar-refractivity contribution in [3.63, 3.8) is 0 Å². The van der Waals surface area contributed by atoms with Crippen LogP contribution in [0.2, 0.25) is 0 Å². The Hall–Kier alpha value is -0.830. The van der Waals surface area contributed by atoms with E-state index in [2.05, 4.69) is 24.3 Å². The van der Waals surface area contributed by atoms with Gasteiger partial charge in [0.2, 0.25) is 0 Å². The smallest absolute Gasteiger partial charge is 0.0659 e. The molecule has 1 aromatic rings. The van der Waals surface area contributed by atoms with Gasteiger partial charge in [0.1, 0.15) is 0 Å². The Morgan fingerprint density at radius 2 is 2.27 bits per heavy atom. The van der Waals surface area contributed by atoms with Crippen LogP contribution in [0.5, 0.6) is 0 Å². The van der Waals surface area contributed by atoms with Crippen molar-refractivity contribution in [3.8, 4) is 0 Å². The fourth-order valence-corrected chi connectivity index (χ4v) is 2.35. The van der Waals surface area contributed by atoms with Crippen molar-refractivity contribution in [1.82, 2.24) is 15.1 Å². The van der Waals surface area contributed by atoms with Gasteiger partial charge in [0, 0.05) is 12.7 Å². The molecule has 3 nitrogen and oxygen atoms in total. The zero-order valence-electron chi connectivity index (χ0n) is 10.0. The van der Waals surface area contributed by atoms with Gasteiger partial charge in [-0.05, 0) is 57.7 Å². The van der Waals surface area contributed by atoms with Crippen LogP contribution in [0.3, 0.4) is 0 Å². The second-order valence-electron chi connectivity index (χ2n) is 4.70. The van der Waals surface area contributed by atoms with E-state index < -0.39 is 0 Å². The molecule has 2 heterocycles. The third kappa shape index (κ3) is 2.23. The maximum Gasteiger partial charge on any atom is 0.0659 e. The standard InChI is InChI=1S/C12H21N3/c1-9-10(2)15(3)14-12(9)7-11-5-4-6-13-8-11/h11,13H,4-8H2,1-3H3. The van der Waals surface area contributed by atoms with Gasteiger partial charge in [0.05, 0.1) is 5.69 Å². The van der Waals surface area contributed by atoms with E-state index in [9.17, 15) is 0 Å². The van der Waals surface area contributed by atoms with Crippen LogP contribution in [0.25, 0.3) is 0 Å². The fourth-order valence-electron chi connectivity index (χ4n) is 2.35. The molecule has 1 saturated heterocycles. The van der Waals surface area contributed by atoms with E-state index in [1.165, 1.54) is 36.3 Å². The van der Waals surface area contributed by atoms with Gasteiger partial charge in [-0.1, -0.05) is 0 Å². The molecule has 3 heteroatoms. The second kappa shape index (κ2) is 4.35. The summed E-state index contributed by atoms with van der Waals surface area (Å²) >= 11 is 0. The van der Waals surface area contributed by atoms with E-state index in [0.717, 1.165) is 18.9 Å². The predicted octanol–water partition coefficient (Wildman–Crippen LogP) is 1.58. The van der Waals surface area contributed by atoms with E-state index >= 15 is 0 Å². The van der Waals surface area contributed by atoms with Crippen LogP contribution < -0.4 is 5.32 Å². The molecule has 84 valence electrons. The molecular formula is C12H21N3. The summed E-state index contributed by atoms with van der Waals surface area (Å²) < 4.78 is 2.00. The predicted molar refractivity (Wildman–Crippen MR) is 62.0 cm³/mol. The highest BCUT2D eigenvalue weighted by molar-refractivity contribution is 5.23. The summed E-state index contributed by atoms with van der Waals surface area (Å²) in [5.74, 6) is 0.784. The first kappa shape index (κ1) is 10.7. The van der Waals surface area contributed by atoms with Crippen molar-refractivity contribution >= 4 is 0 Å². The van der Waals surface area contributed by atoms with E-state index in [1.54, 1.807) is 0 Å². The van der Waals surface area contributed by atoms with E-state index in [4.69, 9.17) is 0 Å². The second-order valence-corrected chi connectivity index (χ2v) is 4.70. The molecule has 1 aromatic heterocycles. The van der Waals surface area contributed by atoms with Gasteiger partial charge in [-0.3, -0.25) is 4.68 Å². The van der Waals surface area contributed by atoms with Crippen LogP contribution in [-0.2, 0) is 13.5 Å². The van der Waals surface area contributed by atoms with Crippen molar-refractivity contribution in [2.75, 3.05) is 13.1 Å². The average Bonchev–Trinajstić information content (AvgIpc) is 2.48. The number of nitrogens with zero attached hydrogens (tertiary/aromatic N) is 2. The summed E-state index contributed by atoms with van der Waals surface area (Å²) in [6.45, 7) is 6.69. The van der Waals surface area contributed by atoms with Crippen LogP contribution in [-0.4, -0.2) is 22.9 Å². The van der Waals surface area contributed by atoms with Gasteiger partial charge >= 0.3 is 0 Å². The van der Waals surface area contributed by atoms with Crippen LogP contribution in [0, 0.1) is 19.8 Å². The van der Waals surface area contributed by atoms with Crippen molar-refractivity contribution in [2.24, 2.45) is 13.0 Å². The van der Waals surface area contributed by atoms with Crippen LogP contribution in [0.1, 0.15) is 29.8 Å². The molecule has 0 amide bonds. The first-order valence-corrected chi connectivity index (χ1v) is 5.88. The Kier molecular flexibility index (Phi) is 3.10. The molecule has 0 radical (unpaired) electrons. The zero-order valence-corrected chi connectivity index (χ0v) is 10.0. The summed E-state index contributed by atoms with van der Waals surface area (Å²) in [5.41, 5.74) is 3.97. The Morgan fingerprint density at radius 3 is 2.80 bits per heavy atom. The zero-order chi connectivity index (χ0) is 10.8. The minimum absolute atomic E-state index is 0.784. The third-order valence-electron chi connectivity index (χ3n) is 3.61. The number of hydrogen-bond donors (Lipinski definition) is 1. The van der Waals surface area contributed by atoms with E-state index in [0.29, 0.717) is 0 Å². The molecule has 1 aliphatic rings. The Labute approximate surface area is 91.9 Å². The normalized spacial score (nSPS) is 21.9. The minimum Gasteiger partial charge on any atom is -0.316 e. The van der Waals surface area contributed by atoms with Gasteiger partial charge in [-0.15, -0.1) is 0 Å². The Morgan fingerprint density at radius 1 is 1.47 bits per heavy atom. The summed E-state index contributed by atoms with van der Waals surface area (Å²) in [6.07, 6.45) is 3.80. The molecule has 0 bridgehead atoms. The highest BCUT2D eigenvalue weighted by atomic mass is 15.3. The molecule has 0 spiro atoms. The number of rotatable bonds is 2. The first-order chi connectivity index (χ1) is 7.18. The quantitative estimate of drug-likeness (QED) is 0.798. The monoisotopic (exact) mass is 207 g/mol. The van der Waals surface area contributed by atoms with Gasteiger partial charge in [-0.2, -0.15) is 5.10 Å². The Bertz CT molecular complexity index is 335.